The molecule has 2 aliphatic carbocycles. The van der Waals surface area contributed by atoms with Gasteiger partial charge in [-0.05, 0) is 55.8 Å². The molecule has 26 heavy (non-hydrogen) atoms. The number of anilines is 1. The van der Waals surface area contributed by atoms with Crippen LogP contribution in [0.5, 0.6) is 0 Å². The molecule has 3 rings (SSSR count). The average molecular weight is 400 g/mol. The van der Waals surface area contributed by atoms with E-state index in [0.717, 1.165) is 38.5 Å². The van der Waals surface area contributed by atoms with Gasteiger partial charge in [-0.15, -0.1) is 12.4 Å². The lowest BCUT2D eigenvalue weighted by Gasteiger charge is -2.35. The van der Waals surface area contributed by atoms with Crippen molar-refractivity contribution < 1.29 is 9.59 Å². The maximum Gasteiger partial charge on any atom is 0.253 e. The van der Waals surface area contributed by atoms with E-state index < -0.39 is 0 Å². The Morgan fingerprint density at radius 1 is 1.19 bits per heavy atom. The summed E-state index contributed by atoms with van der Waals surface area (Å²) in [6, 6.07) is 5.29. The van der Waals surface area contributed by atoms with Gasteiger partial charge in [0.25, 0.3) is 5.91 Å². The van der Waals surface area contributed by atoms with Crippen molar-refractivity contribution in [3.05, 3.63) is 28.8 Å². The number of nitrogens with one attached hydrogen (secondary N) is 2. The zero-order chi connectivity index (χ0) is 17.9. The van der Waals surface area contributed by atoms with Crippen LogP contribution in [0.3, 0.4) is 0 Å². The number of halogens is 2. The fourth-order valence-corrected chi connectivity index (χ4v) is 3.77. The largest absolute Gasteiger partial charge is 0.349 e. The first kappa shape index (κ1) is 21.0. The molecule has 0 radical (unpaired) electrons. The number of rotatable bonds is 6. The van der Waals surface area contributed by atoms with Gasteiger partial charge in [0, 0.05) is 18.2 Å². The number of benzene rings is 1. The van der Waals surface area contributed by atoms with Gasteiger partial charge in [-0.3, -0.25) is 9.59 Å². The third kappa shape index (κ3) is 5.35. The highest BCUT2D eigenvalue weighted by Gasteiger charge is 2.33. The molecule has 2 fully saturated rings. The van der Waals surface area contributed by atoms with Crippen molar-refractivity contribution in [3.8, 4) is 0 Å². The van der Waals surface area contributed by atoms with Gasteiger partial charge in [0.2, 0.25) is 5.91 Å². The Labute approximate surface area is 165 Å². The second-order valence-corrected chi connectivity index (χ2v) is 7.84. The van der Waals surface area contributed by atoms with E-state index in [0.29, 0.717) is 29.2 Å². The summed E-state index contributed by atoms with van der Waals surface area (Å²) in [6.45, 7) is 0.538. The van der Waals surface area contributed by atoms with E-state index in [1.807, 2.05) is 0 Å². The van der Waals surface area contributed by atoms with E-state index >= 15 is 0 Å². The predicted octanol–water partition coefficient (Wildman–Crippen LogP) is 3.89. The molecule has 0 aromatic heterocycles. The van der Waals surface area contributed by atoms with Gasteiger partial charge in [-0.2, -0.15) is 0 Å². The third-order valence-corrected chi connectivity index (χ3v) is 5.62. The zero-order valence-corrected chi connectivity index (χ0v) is 16.4. The summed E-state index contributed by atoms with van der Waals surface area (Å²) in [7, 11) is 0. The highest BCUT2D eigenvalue weighted by molar-refractivity contribution is 6.34. The quantitative estimate of drug-likeness (QED) is 0.677. The molecular weight excluding hydrogens is 373 g/mol. The maximum atomic E-state index is 12.5. The Kier molecular flexibility index (Phi) is 7.33. The SMILES string of the molecule is Cl.NCC1(CC(=O)Nc2ccc(Cl)c(C(=O)NC3CC3)c2)CCCCC1. The normalized spacial score (nSPS) is 18.5. The van der Waals surface area contributed by atoms with E-state index in [1.54, 1.807) is 18.2 Å². The first-order valence-electron chi connectivity index (χ1n) is 9.12. The smallest absolute Gasteiger partial charge is 0.253 e. The molecule has 4 N–H and O–H groups in total. The molecule has 0 bridgehead atoms. The summed E-state index contributed by atoms with van der Waals surface area (Å²) < 4.78 is 0. The van der Waals surface area contributed by atoms with Crippen molar-refractivity contribution in [3.63, 3.8) is 0 Å². The Morgan fingerprint density at radius 3 is 2.50 bits per heavy atom. The van der Waals surface area contributed by atoms with Gasteiger partial charge in [0.15, 0.2) is 0 Å². The van der Waals surface area contributed by atoms with E-state index in [4.69, 9.17) is 17.3 Å². The van der Waals surface area contributed by atoms with Gasteiger partial charge in [-0.25, -0.2) is 0 Å². The lowest BCUT2D eigenvalue weighted by molar-refractivity contribution is -0.118. The highest BCUT2D eigenvalue weighted by Crippen LogP contribution is 2.38. The van der Waals surface area contributed by atoms with Crippen LogP contribution in [0.2, 0.25) is 5.02 Å². The second-order valence-electron chi connectivity index (χ2n) is 7.43. The van der Waals surface area contributed by atoms with Crippen LogP contribution < -0.4 is 16.4 Å². The molecule has 5 nitrogen and oxygen atoms in total. The second kappa shape index (κ2) is 9.07. The van der Waals surface area contributed by atoms with E-state index in [-0.39, 0.29) is 35.7 Å². The topological polar surface area (TPSA) is 84.2 Å². The lowest BCUT2D eigenvalue weighted by atomic mass is 9.71. The van der Waals surface area contributed by atoms with E-state index in [1.165, 1.54) is 6.42 Å². The minimum atomic E-state index is -0.186. The van der Waals surface area contributed by atoms with Crippen molar-refractivity contribution in [1.29, 1.82) is 0 Å². The van der Waals surface area contributed by atoms with Crippen LogP contribution >= 0.6 is 24.0 Å². The van der Waals surface area contributed by atoms with E-state index in [2.05, 4.69) is 10.6 Å². The molecule has 2 aliphatic rings. The molecule has 0 unspecified atom stereocenters. The minimum Gasteiger partial charge on any atom is -0.349 e. The highest BCUT2D eigenvalue weighted by atomic mass is 35.5. The van der Waals surface area contributed by atoms with Crippen LogP contribution in [0.15, 0.2) is 18.2 Å². The summed E-state index contributed by atoms with van der Waals surface area (Å²) in [4.78, 5) is 24.7. The van der Waals surface area contributed by atoms with Crippen LogP contribution in [-0.4, -0.2) is 24.4 Å². The lowest BCUT2D eigenvalue weighted by Crippen LogP contribution is -2.36. The van der Waals surface area contributed by atoms with E-state index in [9.17, 15) is 9.59 Å². The third-order valence-electron chi connectivity index (χ3n) is 5.29. The fraction of sp³-hybridized carbons (Fsp3) is 0.579. The van der Waals surface area contributed by atoms with Gasteiger partial charge in [-0.1, -0.05) is 30.9 Å². The first-order chi connectivity index (χ1) is 12.0. The molecule has 2 amide bonds. The standard InChI is InChI=1S/C19H26ClN3O2.ClH/c20-16-7-6-14(10-15(16)18(25)23-13-4-5-13)22-17(24)11-19(12-21)8-2-1-3-9-19;/h6-7,10,13H,1-5,8-9,11-12,21H2,(H,22,24)(H,23,25);1H. The molecular formula is C19H27Cl2N3O2. The molecule has 0 saturated heterocycles. The summed E-state index contributed by atoms with van der Waals surface area (Å²) >= 11 is 6.14. The summed E-state index contributed by atoms with van der Waals surface area (Å²) in [5.74, 6) is -0.238. The van der Waals surface area contributed by atoms with Crippen LogP contribution in [-0.2, 0) is 4.79 Å². The van der Waals surface area contributed by atoms with Gasteiger partial charge in [0.1, 0.15) is 0 Å². The Morgan fingerprint density at radius 2 is 1.88 bits per heavy atom. The fourth-order valence-electron chi connectivity index (χ4n) is 3.57. The Bertz CT molecular complexity index is 656. The number of carbonyl (C=O) groups is 2. The van der Waals surface area contributed by atoms with Crippen molar-refractivity contribution in [2.75, 3.05) is 11.9 Å². The van der Waals surface area contributed by atoms with Crippen LogP contribution in [0, 0.1) is 5.41 Å². The number of hydrogen-bond acceptors (Lipinski definition) is 3. The van der Waals surface area contributed by atoms with Crippen molar-refractivity contribution in [2.24, 2.45) is 11.1 Å². The molecule has 0 atom stereocenters. The van der Waals surface area contributed by atoms with Crippen LogP contribution in [0.4, 0.5) is 5.69 Å². The zero-order valence-electron chi connectivity index (χ0n) is 14.9. The first-order valence-corrected chi connectivity index (χ1v) is 9.49. The van der Waals surface area contributed by atoms with Gasteiger partial charge >= 0.3 is 0 Å². The minimum absolute atomic E-state index is 0. The summed E-state index contributed by atoms with van der Waals surface area (Å²) in [6.07, 6.45) is 7.96. The van der Waals surface area contributed by atoms with Gasteiger partial charge < -0.3 is 16.4 Å². The average Bonchev–Trinajstić information content (AvgIpc) is 3.41. The van der Waals surface area contributed by atoms with Crippen molar-refractivity contribution >= 4 is 41.5 Å². The molecule has 0 heterocycles. The maximum absolute atomic E-state index is 12.5. The monoisotopic (exact) mass is 399 g/mol. The predicted molar refractivity (Wildman–Crippen MR) is 107 cm³/mol. The van der Waals surface area contributed by atoms with Gasteiger partial charge in [0.05, 0.1) is 10.6 Å². The number of carbonyl (C=O) groups excluding carboxylic acids is 2. The molecule has 2 saturated carbocycles. The number of nitrogens with two attached hydrogens (primary N) is 1. The summed E-state index contributed by atoms with van der Waals surface area (Å²) in [5, 5.41) is 6.22. The van der Waals surface area contributed by atoms with Crippen molar-refractivity contribution in [1.82, 2.24) is 5.32 Å². The molecule has 1 aromatic carbocycles. The Hall–Kier alpha value is -1.30. The molecule has 7 heteroatoms. The van der Waals surface area contributed by atoms with Crippen LogP contribution in [0.1, 0.15) is 61.7 Å². The summed E-state index contributed by atoms with van der Waals surface area (Å²) in [5.41, 5.74) is 6.88. The van der Waals surface area contributed by atoms with Crippen LogP contribution in [0.25, 0.3) is 0 Å². The van der Waals surface area contributed by atoms with Crippen molar-refractivity contribution in [2.45, 2.75) is 57.4 Å². The number of amides is 2. The molecule has 0 aliphatic heterocycles. The molecule has 144 valence electrons. The molecule has 1 aromatic rings. The Balaban J connectivity index is 0.00000243. The number of hydrogen-bond donors (Lipinski definition) is 3. The molecule has 0 spiro atoms.